The number of hydrogen-bond donors (Lipinski definition) is 2. The summed E-state index contributed by atoms with van der Waals surface area (Å²) in [7, 11) is 0. The molecule has 0 bridgehead atoms. The average Bonchev–Trinajstić information content (AvgIpc) is 2.90. The van der Waals surface area contributed by atoms with Gasteiger partial charge in [-0.1, -0.05) is 11.8 Å². The number of nitrogens with one attached hydrogen (secondary N) is 1. The lowest BCUT2D eigenvalue weighted by Crippen LogP contribution is -2.19. The summed E-state index contributed by atoms with van der Waals surface area (Å²) in [5, 5.41) is 12.9. The predicted molar refractivity (Wildman–Crippen MR) is 68.8 cm³/mol. The Balaban J connectivity index is 2.03. The predicted octanol–water partition coefficient (Wildman–Crippen LogP) is -0.239. The van der Waals surface area contributed by atoms with Gasteiger partial charge >= 0.3 is 0 Å². The quantitative estimate of drug-likeness (QED) is 0.753. The summed E-state index contributed by atoms with van der Waals surface area (Å²) in [4.78, 5) is 11.7. The topological polar surface area (TPSA) is 98.7 Å². The SMILES string of the molecule is NCC#Cc1ccc(NC(=O)Cn2cnnn2)cc1F. The van der Waals surface area contributed by atoms with Crippen molar-refractivity contribution < 1.29 is 9.18 Å². The largest absolute Gasteiger partial charge is 0.324 e. The van der Waals surface area contributed by atoms with Crippen LogP contribution in [0.4, 0.5) is 10.1 Å². The highest BCUT2D eigenvalue weighted by molar-refractivity contribution is 5.90. The number of rotatable bonds is 3. The first-order valence-electron chi connectivity index (χ1n) is 5.68. The van der Waals surface area contributed by atoms with Gasteiger partial charge in [0.05, 0.1) is 12.1 Å². The van der Waals surface area contributed by atoms with Gasteiger partial charge in [0.25, 0.3) is 0 Å². The lowest BCUT2D eigenvalue weighted by Gasteiger charge is -2.05. The molecule has 3 N–H and O–H groups in total. The first kappa shape index (κ1) is 13.6. The molecule has 0 aliphatic carbocycles. The molecule has 0 unspecified atom stereocenters. The van der Waals surface area contributed by atoms with Crippen LogP contribution in [-0.2, 0) is 11.3 Å². The molecule has 0 atom stereocenters. The highest BCUT2D eigenvalue weighted by Gasteiger charge is 2.06. The molecule has 0 saturated carbocycles. The van der Waals surface area contributed by atoms with Crippen molar-refractivity contribution in [2.75, 3.05) is 11.9 Å². The van der Waals surface area contributed by atoms with E-state index in [1.54, 1.807) is 6.07 Å². The van der Waals surface area contributed by atoms with Crippen LogP contribution in [0.1, 0.15) is 5.56 Å². The minimum Gasteiger partial charge on any atom is -0.324 e. The number of carbonyl (C=O) groups is 1. The molecule has 1 aromatic heterocycles. The summed E-state index contributed by atoms with van der Waals surface area (Å²) in [6.07, 6.45) is 1.31. The first-order valence-corrected chi connectivity index (χ1v) is 5.68. The number of nitrogens with zero attached hydrogens (tertiary/aromatic N) is 4. The zero-order chi connectivity index (χ0) is 14.4. The van der Waals surface area contributed by atoms with Crippen LogP contribution in [0.25, 0.3) is 0 Å². The molecule has 1 heterocycles. The number of amides is 1. The fraction of sp³-hybridized carbons (Fsp3) is 0.167. The van der Waals surface area contributed by atoms with E-state index in [4.69, 9.17) is 5.73 Å². The molecule has 1 amide bonds. The van der Waals surface area contributed by atoms with Gasteiger partial charge in [-0.05, 0) is 28.6 Å². The summed E-state index contributed by atoms with van der Waals surface area (Å²) in [5.74, 6) is 4.27. The molecule has 20 heavy (non-hydrogen) atoms. The highest BCUT2D eigenvalue weighted by atomic mass is 19.1. The Morgan fingerprint density at radius 3 is 3.00 bits per heavy atom. The van der Waals surface area contributed by atoms with Gasteiger partial charge in [-0.3, -0.25) is 4.79 Å². The monoisotopic (exact) mass is 274 g/mol. The molecular weight excluding hydrogens is 263 g/mol. The number of nitrogens with two attached hydrogens (primary N) is 1. The first-order chi connectivity index (χ1) is 9.69. The lowest BCUT2D eigenvalue weighted by molar-refractivity contribution is -0.116. The number of carbonyl (C=O) groups excluding carboxylic acids is 1. The van der Waals surface area contributed by atoms with Crippen LogP contribution >= 0.6 is 0 Å². The molecule has 2 rings (SSSR count). The van der Waals surface area contributed by atoms with Crippen molar-refractivity contribution >= 4 is 11.6 Å². The Labute approximate surface area is 114 Å². The molecule has 0 fully saturated rings. The van der Waals surface area contributed by atoms with Crippen LogP contribution in [0, 0.1) is 17.7 Å². The van der Waals surface area contributed by atoms with Crippen LogP contribution in [0.3, 0.4) is 0 Å². The zero-order valence-corrected chi connectivity index (χ0v) is 10.4. The van der Waals surface area contributed by atoms with Gasteiger partial charge < -0.3 is 11.1 Å². The lowest BCUT2D eigenvalue weighted by atomic mass is 10.2. The molecule has 8 heteroatoms. The van der Waals surface area contributed by atoms with E-state index in [0.29, 0.717) is 5.69 Å². The summed E-state index contributed by atoms with van der Waals surface area (Å²) in [6, 6.07) is 4.23. The van der Waals surface area contributed by atoms with E-state index in [9.17, 15) is 9.18 Å². The van der Waals surface area contributed by atoms with Crippen molar-refractivity contribution in [3.63, 3.8) is 0 Å². The Morgan fingerprint density at radius 2 is 2.35 bits per heavy atom. The van der Waals surface area contributed by atoms with Crippen LogP contribution in [0.15, 0.2) is 24.5 Å². The summed E-state index contributed by atoms with van der Waals surface area (Å²) >= 11 is 0. The number of anilines is 1. The van der Waals surface area contributed by atoms with Gasteiger partial charge in [-0.25, -0.2) is 9.07 Å². The smallest absolute Gasteiger partial charge is 0.246 e. The third-order valence-corrected chi connectivity index (χ3v) is 2.28. The Hall–Kier alpha value is -2.79. The summed E-state index contributed by atoms with van der Waals surface area (Å²) in [6.45, 7) is 0.104. The molecule has 1 aromatic carbocycles. The molecule has 0 aliphatic rings. The molecule has 102 valence electrons. The maximum absolute atomic E-state index is 13.7. The van der Waals surface area contributed by atoms with Crippen LogP contribution in [-0.4, -0.2) is 32.7 Å². The van der Waals surface area contributed by atoms with Gasteiger partial charge in [-0.15, -0.1) is 5.10 Å². The van der Waals surface area contributed by atoms with Crippen LogP contribution in [0.2, 0.25) is 0 Å². The maximum Gasteiger partial charge on any atom is 0.246 e. The van der Waals surface area contributed by atoms with Crippen molar-refractivity contribution in [1.82, 2.24) is 20.2 Å². The Bertz CT molecular complexity index is 658. The second-order valence-electron chi connectivity index (χ2n) is 3.76. The van der Waals surface area contributed by atoms with E-state index in [-0.39, 0.29) is 24.6 Å². The molecule has 7 nitrogen and oxygen atoms in total. The summed E-state index contributed by atoms with van der Waals surface area (Å²) < 4.78 is 14.9. The third-order valence-electron chi connectivity index (χ3n) is 2.28. The van der Waals surface area contributed by atoms with E-state index in [2.05, 4.69) is 32.7 Å². The van der Waals surface area contributed by atoms with Crippen molar-refractivity contribution in [2.24, 2.45) is 5.73 Å². The standard InChI is InChI=1S/C12H11FN6O/c13-11-6-10(4-3-9(11)2-1-5-14)16-12(20)7-19-8-15-17-18-19/h3-4,6,8H,5,7,14H2,(H,16,20). The molecule has 0 spiro atoms. The van der Waals surface area contributed by atoms with Crippen molar-refractivity contribution in [3.05, 3.63) is 35.9 Å². The van der Waals surface area contributed by atoms with E-state index in [1.807, 2.05) is 0 Å². The van der Waals surface area contributed by atoms with Crippen molar-refractivity contribution in [2.45, 2.75) is 6.54 Å². The maximum atomic E-state index is 13.7. The minimum atomic E-state index is -0.522. The van der Waals surface area contributed by atoms with E-state index in [1.165, 1.54) is 23.1 Å². The molecule has 2 aromatic rings. The Kier molecular flexibility index (Phi) is 4.36. The zero-order valence-electron chi connectivity index (χ0n) is 10.4. The van der Waals surface area contributed by atoms with Gasteiger partial charge in [-0.2, -0.15) is 0 Å². The van der Waals surface area contributed by atoms with Gasteiger partial charge in [0, 0.05) is 5.69 Å². The molecule has 0 saturated heterocycles. The van der Waals surface area contributed by atoms with Crippen LogP contribution in [0.5, 0.6) is 0 Å². The van der Waals surface area contributed by atoms with Crippen molar-refractivity contribution in [1.29, 1.82) is 0 Å². The fourth-order valence-electron chi connectivity index (χ4n) is 1.44. The minimum absolute atomic E-state index is 0.0522. The van der Waals surface area contributed by atoms with Crippen LogP contribution < -0.4 is 11.1 Å². The number of aromatic nitrogens is 4. The van der Waals surface area contributed by atoms with Gasteiger partial charge in [0.2, 0.25) is 5.91 Å². The number of hydrogen-bond acceptors (Lipinski definition) is 5. The van der Waals surface area contributed by atoms with E-state index >= 15 is 0 Å². The second kappa shape index (κ2) is 6.40. The normalized spacial score (nSPS) is 9.70. The number of tetrazole rings is 1. The second-order valence-corrected chi connectivity index (χ2v) is 3.76. The number of halogens is 1. The van der Waals surface area contributed by atoms with E-state index in [0.717, 1.165) is 0 Å². The highest BCUT2D eigenvalue weighted by Crippen LogP contribution is 2.13. The summed E-state index contributed by atoms with van der Waals surface area (Å²) in [5.41, 5.74) is 5.78. The molecule has 0 radical (unpaired) electrons. The third kappa shape index (κ3) is 3.60. The van der Waals surface area contributed by atoms with E-state index < -0.39 is 5.82 Å². The van der Waals surface area contributed by atoms with Gasteiger partial charge in [0.1, 0.15) is 18.7 Å². The van der Waals surface area contributed by atoms with Crippen molar-refractivity contribution in [3.8, 4) is 11.8 Å². The Morgan fingerprint density at radius 1 is 1.50 bits per heavy atom. The molecule has 0 aliphatic heterocycles. The average molecular weight is 274 g/mol. The fourth-order valence-corrected chi connectivity index (χ4v) is 1.44. The number of benzene rings is 1. The molecular formula is C12H11FN6O. The van der Waals surface area contributed by atoms with Gasteiger partial charge in [0.15, 0.2) is 0 Å².